The minimum Gasteiger partial charge on any atom is -0.261 e. The molecule has 0 saturated carbocycles. The maximum atomic E-state index is 10.8. The van der Waals surface area contributed by atoms with E-state index in [0.717, 1.165) is 0 Å². The van der Waals surface area contributed by atoms with Crippen LogP contribution in [0.4, 0.5) is 11.5 Å². The number of alkyl halides is 3. The maximum Gasteiger partial charge on any atom is 0.270 e. The van der Waals surface area contributed by atoms with E-state index < -0.39 is 8.72 Å². The number of anilines is 1. The fourth-order valence-electron chi connectivity index (χ4n) is 2.18. The first-order valence-corrected chi connectivity index (χ1v) is 8.35. The van der Waals surface area contributed by atoms with Gasteiger partial charge in [0.1, 0.15) is 0 Å². The molecule has 0 saturated heterocycles. The van der Waals surface area contributed by atoms with Gasteiger partial charge in [-0.15, -0.1) is 0 Å². The van der Waals surface area contributed by atoms with Gasteiger partial charge in [0.05, 0.1) is 16.7 Å². The highest BCUT2D eigenvalue weighted by Crippen LogP contribution is 2.37. The van der Waals surface area contributed by atoms with Crippen molar-refractivity contribution >= 4 is 63.4 Å². The summed E-state index contributed by atoms with van der Waals surface area (Å²) in [6.07, 6.45) is 1.43. The molecule has 0 spiro atoms. The Balaban J connectivity index is 1.93. The van der Waals surface area contributed by atoms with Gasteiger partial charge in [0.2, 0.25) is 3.79 Å². The van der Waals surface area contributed by atoms with Crippen LogP contribution in [0.1, 0.15) is 11.4 Å². The van der Waals surface area contributed by atoms with Crippen molar-refractivity contribution in [3.05, 3.63) is 70.0 Å². The van der Waals surface area contributed by atoms with Crippen LogP contribution in [0.25, 0.3) is 10.9 Å². The average Bonchev–Trinajstić information content (AvgIpc) is 2.61. The third-order valence-electron chi connectivity index (χ3n) is 3.32. The van der Waals surface area contributed by atoms with Crippen LogP contribution in [0.5, 0.6) is 0 Å². The molecule has 1 heterocycles. The third kappa shape index (κ3) is 4.19. The van der Waals surface area contributed by atoms with Crippen LogP contribution in [0.15, 0.2) is 53.6 Å². The lowest BCUT2D eigenvalue weighted by atomic mass is 10.2. The number of nitro groups is 1. The molecule has 3 rings (SSSR count). The molecule has 0 aliphatic carbocycles. The Morgan fingerprint density at radius 3 is 2.62 bits per heavy atom. The molecule has 7 nitrogen and oxygen atoms in total. The zero-order valence-corrected chi connectivity index (χ0v) is 15.2. The number of hydrogen-bond acceptors (Lipinski definition) is 6. The van der Waals surface area contributed by atoms with Gasteiger partial charge in [-0.2, -0.15) is 5.10 Å². The van der Waals surface area contributed by atoms with Gasteiger partial charge in [-0.1, -0.05) is 59.1 Å². The molecule has 1 aromatic heterocycles. The quantitative estimate of drug-likeness (QED) is 0.288. The number of aromatic nitrogens is 2. The lowest BCUT2D eigenvalue weighted by Crippen LogP contribution is -2.09. The van der Waals surface area contributed by atoms with Crippen LogP contribution >= 0.6 is 34.8 Å². The van der Waals surface area contributed by atoms with E-state index in [1.807, 2.05) is 6.07 Å². The summed E-state index contributed by atoms with van der Waals surface area (Å²) in [5, 5.41) is 15.6. The Labute approximate surface area is 162 Å². The van der Waals surface area contributed by atoms with Crippen molar-refractivity contribution in [2.45, 2.75) is 3.79 Å². The molecule has 132 valence electrons. The van der Waals surface area contributed by atoms with Crippen LogP contribution in [-0.4, -0.2) is 21.1 Å². The molecule has 2 aromatic carbocycles. The van der Waals surface area contributed by atoms with Crippen LogP contribution in [0.3, 0.4) is 0 Å². The lowest BCUT2D eigenvalue weighted by Gasteiger charge is -2.12. The van der Waals surface area contributed by atoms with E-state index in [1.54, 1.807) is 30.3 Å². The molecule has 1 N–H and O–H groups in total. The molecule has 10 heteroatoms. The van der Waals surface area contributed by atoms with E-state index in [2.05, 4.69) is 20.5 Å². The number of non-ortho nitro benzene ring substituents is 1. The summed E-state index contributed by atoms with van der Waals surface area (Å²) >= 11 is 17.7. The van der Waals surface area contributed by atoms with E-state index in [4.69, 9.17) is 34.8 Å². The number of nitrogens with one attached hydrogen (secondary N) is 1. The SMILES string of the molecule is O=[N+]([O-])c1cccc(/C=N\Nc2nc(C(Cl)(Cl)Cl)nc3ccccc23)c1. The first-order valence-electron chi connectivity index (χ1n) is 7.22. The zero-order chi connectivity index (χ0) is 18.7. The Morgan fingerprint density at radius 2 is 1.88 bits per heavy atom. The van der Waals surface area contributed by atoms with Gasteiger partial charge in [-0.3, -0.25) is 15.5 Å². The lowest BCUT2D eigenvalue weighted by molar-refractivity contribution is -0.384. The molecular formula is C16H10Cl3N5O2. The molecule has 0 unspecified atom stereocenters. The number of nitrogens with zero attached hydrogens (tertiary/aromatic N) is 4. The summed E-state index contributed by atoms with van der Waals surface area (Å²) in [6, 6.07) is 13.2. The average molecular weight is 411 g/mol. The van der Waals surface area contributed by atoms with Crippen molar-refractivity contribution in [3.8, 4) is 0 Å². The first-order chi connectivity index (χ1) is 12.3. The highest BCUT2D eigenvalue weighted by molar-refractivity contribution is 6.66. The van der Waals surface area contributed by atoms with Crippen LogP contribution in [-0.2, 0) is 3.79 Å². The first kappa shape index (κ1) is 18.3. The number of nitro benzene ring substituents is 1. The van der Waals surface area contributed by atoms with Crippen molar-refractivity contribution < 1.29 is 4.92 Å². The summed E-state index contributed by atoms with van der Waals surface area (Å²) in [5.41, 5.74) is 3.87. The number of benzene rings is 2. The predicted molar refractivity (Wildman–Crippen MR) is 103 cm³/mol. The Hall–Kier alpha value is -2.48. The molecule has 26 heavy (non-hydrogen) atoms. The summed E-state index contributed by atoms with van der Waals surface area (Å²) in [6.45, 7) is 0. The van der Waals surface area contributed by atoms with Gasteiger partial charge in [0.25, 0.3) is 5.69 Å². The normalized spacial score (nSPS) is 11.8. The monoisotopic (exact) mass is 409 g/mol. The topological polar surface area (TPSA) is 93.3 Å². The van der Waals surface area contributed by atoms with E-state index in [0.29, 0.717) is 22.3 Å². The van der Waals surface area contributed by atoms with Gasteiger partial charge in [-0.05, 0) is 12.1 Å². The Kier molecular flexibility index (Phi) is 5.22. The molecule has 0 aliphatic rings. The standard InChI is InChI=1S/C16H10Cl3N5O2/c17-16(18,19)15-21-13-7-2-1-6-12(13)14(22-15)23-20-9-10-4-3-5-11(8-10)24(25)26/h1-9H,(H,21,22,23)/b20-9-. The molecule has 0 fully saturated rings. The smallest absolute Gasteiger partial charge is 0.261 e. The van der Waals surface area contributed by atoms with Crippen molar-refractivity contribution in [1.29, 1.82) is 0 Å². The molecule has 3 aromatic rings. The second kappa shape index (κ2) is 7.41. The summed E-state index contributed by atoms with van der Waals surface area (Å²) in [7, 11) is 0. The van der Waals surface area contributed by atoms with Gasteiger partial charge in [0, 0.05) is 23.1 Å². The molecule has 0 bridgehead atoms. The minimum atomic E-state index is -1.79. The summed E-state index contributed by atoms with van der Waals surface area (Å²) in [4.78, 5) is 18.8. The number of rotatable bonds is 4. The van der Waals surface area contributed by atoms with Crippen molar-refractivity contribution in [3.63, 3.8) is 0 Å². The van der Waals surface area contributed by atoms with Crippen molar-refractivity contribution in [2.24, 2.45) is 5.10 Å². The number of para-hydroxylation sites is 1. The highest BCUT2D eigenvalue weighted by Gasteiger charge is 2.28. The largest absolute Gasteiger partial charge is 0.270 e. The fourth-order valence-corrected chi connectivity index (χ4v) is 2.43. The van der Waals surface area contributed by atoms with Crippen LogP contribution in [0.2, 0.25) is 0 Å². The fraction of sp³-hybridized carbons (Fsp3) is 0.0625. The Morgan fingerprint density at radius 1 is 1.12 bits per heavy atom. The molecule has 0 atom stereocenters. The predicted octanol–water partition coefficient (Wildman–Crippen LogP) is 4.81. The van der Waals surface area contributed by atoms with Gasteiger partial charge >= 0.3 is 0 Å². The van der Waals surface area contributed by atoms with Gasteiger partial charge in [-0.25, -0.2) is 9.97 Å². The van der Waals surface area contributed by atoms with Gasteiger partial charge in [0.15, 0.2) is 11.6 Å². The summed E-state index contributed by atoms with van der Waals surface area (Å²) in [5.74, 6) is 0.354. The minimum absolute atomic E-state index is 0.00856. The molecule has 0 amide bonds. The van der Waals surface area contributed by atoms with Crippen molar-refractivity contribution in [1.82, 2.24) is 9.97 Å². The third-order valence-corrected chi connectivity index (χ3v) is 3.83. The zero-order valence-electron chi connectivity index (χ0n) is 12.9. The molecule has 0 aliphatic heterocycles. The second-order valence-electron chi connectivity index (χ2n) is 5.13. The number of hydrogen-bond donors (Lipinski definition) is 1. The van der Waals surface area contributed by atoms with Crippen LogP contribution < -0.4 is 5.43 Å². The summed E-state index contributed by atoms with van der Waals surface area (Å²) < 4.78 is -1.79. The Bertz CT molecular complexity index is 1000. The number of halogens is 3. The van der Waals surface area contributed by atoms with E-state index in [-0.39, 0.29) is 11.5 Å². The highest BCUT2D eigenvalue weighted by atomic mass is 35.6. The van der Waals surface area contributed by atoms with E-state index in [1.165, 1.54) is 18.3 Å². The van der Waals surface area contributed by atoms with E-state index >= 15 is 0 Å². The molecular weight excluding hydrogens is 401 g/mol. The molecule has 0 radical (unpaired) electrons. The van der Waals surface area contributed by atoms with E-state index in [9.17, 15) is 10.1 Å². The maximum absolute atomic E-state index is 10.8. The number of fused-ring (bicyclic) bond motifs is 1. The van der Waals surface area contributed by atoms with Crippen molar-refractivity contribution in [2.75, 3.05) is 5.43 Å². The second-order valence-corrected chi connectivity index (χ2v) is 7.41. The van der Waals surface area contributed by atoms with Crippen LogP contribution in [0, 0.1) is 10.1 Å². The van der Waals surface area contributed by atoms with Gasteiger partial charge < -0.3 is 0 Å². The number of hydrazone groups is 1.